The predicted octanol–water partition coefficient (Wildman–Crippen LogP) is 4.74. The molecule has 0 saturated heterocycles. The average molecular weight is 411 g/mol. The van der Waals surface area contributed by atoms with Crippen molar-refractivity contribution in [2.24, 2.45) is 0 Å². The molecule has 0 bridgehead atoms. The van der Waals surface area contributed by atoms with Crippen LogP contribution in [0.1, 0.15) is 25.3 Å². The van der Waals surface area contributed by atoms with E-state index in [9.17, 15) is 9.59 Å². The summed E-state index contributed by atoms with van der Waals surface area (Å²) in [5.41, 5.74) is 1.19. The molecule has 7 heteroatoms. The second kappa shape index (κ2) is 12.2. The third-order valence-corrected chi connectivity index (χ3v) is 3.91. The zero-order chi connectivity index (χ0) is 20.2. The number of carbonyl (C=O) groups excluding carboxylic acids is 2. The maximum atomic E-state index is 10.6. The molecule has 2 aromatic carbocycles. The van der Waals surface area contributed by atoms with Crippen molar-refractivity contribution >= 4 is 35.0 Å². The molecule has 0 unspecified atom stereocenters. The Morgan fingerprint density at radius 1 is 1.07 bits per heavy atom. The fourth-order valence-corrected chi connectivity index (χ4v) is 2.38. The molecular weight excluding hydrogens is 387 g/mol. The molecule has 2 amide bonds. The molecule has 0 fully saturated rings. The van der Waals surface area contributed by atoms with Crippen LogP contribution in [0.4, 0.5) is 0 Å². The Hall–Kier alpha value is -2.24. The van der Waals surface area contributed by atoms with E-state index in [0.29, 0.717) is 35.2 Å². The van der Waals surface area contributed by atoms with Gasteiger partial charge in [0.25, 0.3) is 0 Å². The summed E-state index contributed by atoms with van der Waals surface area (Å²) >= 11 is 11.8. The van der Waals surface area contributed by atoms with Gasteiger partial charge in [-0.15, -0.1) is 0 Å². The molecule has 5 nitrogen and oxygen atoms in total. The number of hydrogen-bond acceptors (Lipinski definition) is 3. The summed E-state index contributed by atoms with van der Waals surface area (Å²) in [6, 6.07) is 12.9. The molecule has 0 aliphatic rings. The third-order valence-electron chi connectivity index (χ3n) is 3.38. The summed E-state index contributed by atoms with van der Waals surface area (Å²) in [5, 5.41) is 6.21. The zero-order valence-corrected chi connectivity index (χ0v) is 17.2. The third kappa shape index (κ3) is 9.87. The molecule has 0 heterocycles. The molecule has 0 radical (unpaired) electrons. The Morgan fingerprint density at radius 3 is 2.30 bits per heavy atom. The SMILES string of the molecule is CNC(=O)CCCNC(C)=O.Cc1ccc(Oc2ccc(Cl)cc2Cl)cc1. The molecule has 2 rings (SSSR count). The Bertz CT molecular complexity index is 749. The minimum atomic E-state index is -0.0538. The molecule has 0 saturated carbocycles. The predicted molar refractivity (Wildman–Crippen MR) is 110 cm³/mol. The number of nitrogens with one attached hydrogen (secondary N) is 2. The minimum absolute atomic E-state index is 0.00959. The highest BCUT2D eigenvalue weighted by Gasteiger charge is 2.03. The van der Waals surface area contributed by atoms with Crippen molar-refractivity contribution in [3.8, 4) is 11.5 Å². The van der Waals surface area contributed by atoms with E-state index in [-0.39, 0.29) is 11.8 Å². The summed E-state index contributed by atoms with van der Waals surface area (Å²) in [4.78, 5) is 21.0. The van der Waals surface area contributed by atoms with Gasteiger partial charge in [0.05, 0.1) is 5.02 Å². The van der Waals surface area contributed by atoms with E-state index in [0.717, 1.165) is 5.75 Å². The van der Waals surface area contributed by atoms with Gasteiger partial charge in [0.15, 0.2) is 0 Å². The van der Waals surface area contributed by atoms with Gasteiger partial charge in [-0.1, -0.05) is 40.9 Å². The number of hydrogen-bond donors (Lipinski definition) is 2. The van der Waals surface area contributed by atoms with Crippen molar-refractivity contribution in [3.05, 3.63) is 58.1 Å². The Kier molecular flexibility index (Phi) is 10.3. The van der Waals surface area contributed by atoms with Crippen molar-refractivity contribution in [1.29, 1.82) is 0 Å². The molecule has 146 valence electrons. The molecule has 2 aromatic rings. The van der Waals surface area contributed by atoms with E-state index < -0.39 is 0 Å². The first-order chi connectivity index (χ1) is 12.8. The second-order valence-corrected chi connectivity index (χ2v) is 6.59. The van der Waals surface area contributed by atoms with E-state index in [1.165, 1.54) is 12.5 Å². The van der Waals surface area contributed by atoms with Crippen LogP contribution in [-0.4, -0.2) is 25.4 Å². The van der Waals surface area contributed by atoms with E-state index in [2.05, 4.69) is 10.6 Å². The first-order valence-corrected chi connectivity index (χ1v) is 9.22. The molecule has 0 aromatic heterocycles. The highest BCUT2D eigenvalue weighted by atomic mass is 35.5. The number of amides is 2. The maximum Gasteiger partial charge on any atom is 0.219 e. The van der Waals surface area contributed by atoms with Crippen LogP contribution in [0.3, 0.4) is 0 Å². The lowest BCUT2D eigenvalue weighted by atomic mass is 10.2. The van der Waals surface area contributed by atoms with Gasteiger partial charge in [-0.25, -0.2) is 0 Å². The molecule has 0 aliphatic carbocycles. The summed E-state index contributed by atoms with van der Waals surface area (Å²) in [6.07, 6.45) is 1.16. The quantitative estimate of drug-likeness (QED) is 0.675. The van der Waals surface area contributed by atoms with Crippen LogP contribution in [0.25, 0.3) is 0 Å². The molecule has 0 atom stereocenters. The van der Waals surface area contributed by atoms with Crippen molar-refractivity contribution < 1.29 is 14.3 Å². The smallest absolute Gasteiger partial charge is 0.219 e. The van der Waals surface area contributed by atoms with E-state index >= 15 is 0 Å². The van der Waals surface area contributed by atoms with E-state index in [1.54, 1.807) is 25.2 Å². The van der Waals surface area contributed by atoms with Crippen LogP contribution in [0.2, 0.25) is 10.0 Å². The van der Waals surface area contributed by atoms with Crippen LogP contribution in [0, 0.1) is 6.92 Å². The number of carbonyl (C=O) groups is 2. The molecule has 2 N–H and O–H groups in total. The fraction of sp³-hybridized carbons (Fsp3) is 0.300. The fourth-order valence-electron chi connectivity index (χ4n) is 1.93. The van der Waals surface area contributed by atoms with Crippen LogP contribution in [0.5, 0.6) is 11.5 Å². The second-order valence-electron chi connectivity index (χ2n) is 5.75. The van der Waals surface area contributed by atoms with E-state index in [1.807, 2.05) is 31.2 Å². The van der Waals surface area contributed by atoms with Crippen molar-refractivity contribution in [1.82, 2.24) is 10.6 Å². The van der Waals surface area contributed by atoms with Gasteiger partial charge in [0, 0.05) is 32.0 Å². The number of benzene rings is 2. The average Bonchev–Trinajstić information content (AvgIpc) is 2.63. The van der Waals surface area contributed by atoms with Gasteiger partial charge in [0.2, 0.25) is 11.8 Å². The van der Waals surface area contributed by atoms with Crippen LogP contribution < -0.4 is 15.4 Å². The van der Waals surface area contributed by atoms with Crippen molar-refractivity contribution in [3.63, 3.8) is 0 Å². The Labute approximate surface area is 170 Å². The maximum absolute atomic E-state index is 10.6. The normalized spacial score (nSPS) is 9.67. The summed E-state index contributed by atoms with van der Waals surface area (Å²) in [5.74, 6) is 1.32. The number of ether oxygens (including phenoxy) is 1. The lowest BCUT2D eigenvalue weighted by Gasteiger charge is -2.07. The van der Waals surface area contributed by atoms with Crippen LogP contribution in [0.15, 0.2) is 42.5 Å². The topological polar surface area (TPSA) is 67.4 Å². The lowest BCUT2D eigenvalue weighted by molar-refractivity contribution is -0.121. The molecule has 27 heavy (non-hydrogen) atoms. The van der Waals surface area contributed by atoms with Gasteiger partial charge in [-0.05, 0) is 43.7 Å². The van der Waals surface area contributed by atoms with E-state index in [4.69, 9.17) is 27.9 Å². The molecule has 0 spiro atoms. The Morgan fingerprint density at radius 2 is 1.74 bits per heavy atom. The number of aryl methyl sites for hydroxylation is 1. The summed E-state index contributed by atoms with van der Waals surface area (Å²) in [6.45, 7) is 4.06. The highest BCUT2D eigenvalue weighted by molar-refractivity contribution is 6.35. The van der Waals surface area contributed by atoms with Crippen molar-refractivity contribution in [2.75, 3.05) is 13.6 Å². The molecule has 0 aliphatic heterocycles. The van der Waals surface area contributed by atoms with Crippen LogP contribution >= 0.6 is 23.2 Å². The van der Waals surface area contributed by atoms with Gasteiger partial charge in [0.1, 0.15) is 11.5 Å². The number of rotatable bonds is 6. The molecular formula is C20H24Cl2N2O3. The standard InChI is InChI=1S/C13H10Cl2O.C7H14N2O2/c1-9-2-5-11(6-3-9)16-13-7-4-10(14)8-12(13)15;1-6(10)9-5-3-4-7(11)8-2/h2-8H,1H3;3-5H2,1-2H3,(H,8,11)(H,9,10). The van der Waals surface area contributed by atoms with Gasteiger partial charge in [-0.3, -0.25) is 9.59 Å². The van der Waals surface area contributed by atoms with Gasteiger partial charge >= 0.3 is 0 Å². The monoisotopic (exact) mass is 410 g/mol. The minimum Gasteiger partial charge on any atom is -0.456 e. The van der Waals surface area contributed by atoms with Gasteiger partial charge < -0.3 is 15.4 Å². The largest absolute Gasteiger partial charge is 0.456 e. The zero-order valence-electron chi connectivity index (χ0n) is 15.6. The first-order valence-electron chi connectivity index (χ1n) is 8.46. The van der Waals surface area contributed by atoms with Crippen LogP contribution in [-0.2, 0) is 9.59 Å². The number of halogens is 2. The first kappa shape index (κ1) is 22.8. The van der Waals surface area contributed by atoms with Crippen molar-refractivity contribution in [2.45, 2.75) is 26.7 Å². The highest BCUT2D eigenvalue weighted by Crippen LogP contribution is 2.31. The summed E-state index contributed by atoms with van der Waals surface area (Å²) in [7, 11) is 1.60. The lowest BCUT2D eigenvalue weighted by Crippen LogP contribution is -2.23. The van der Waals surface area contributed by atoms with Gasteiger partial charge in [-0.2, -0.15) is 0 Å². The summed E-state index contributed by atoms with van der Waals surface area (Å²) < 4.78 is 5.63. The Balaban J connectivity index is 0.000000293.